The Kier molecular flexibility index (Phi) is 3.42. The van der Waals surface area contributed by atoms with Crippen LogP contribution in [0.2, 0.25) is 0 Å². The van der Waals surface area contributed by atoms with Crippen molar-refractivity contribution < 1.29 is 14.6 Å². The van der Waals surface area contributed by atoms with Gasteiger partial charge in [0.2, 0.25) is 11.9 Å². The number of anilines is 1. The number of phenolic OH excluding ortho intramolecular Hbond substituents is 1. The lowest BCUT2D eigenvalue weighted by atomic mass is 10.1. The number of carbonyl (C=O) groups is 1. The summed E-state index contributed by atoms with van der Waals surface area (Å²) in [5, 5.41) is 18.2. The van der Waals surface area contributed by atoms with Crippen molar-refractivity contribution in [3.05, 3.63) is 29.8 Å². The molecule has 1 aromatic carbocycles. The predicted molar refractivity (Wildman–Crippen MR) is 63.4 cm³/mol. The molecule has 0 saturated carbocycles. The van der Waals surface area contributed by atoms with Crippen LogP contribution in [0.5, 0.6) is 11.8 Å². The number of H-pyrrole nitrogens is 1. The van der Waals surface area contributed by atoms with Gasteiger partial charge in [-0.3, -0.25) is 10.1 Å². The highest BCUT2D eigenvalue weighted by molar-refractivity contribution is 5.90. The second-order valence-electron chi connectivity index (χ2n) is 3.52. The summed E-state index contributed by atoms with van der Waals surface area (Å²) in [4.78, 5) is 15.5. The van der Waals surface area contributed by atoms with E-state index in [9.17, 15) is 9.90 Å². The highest BCUT2D eigenvalue weighted by atomic mass is 16.5. The van der Waals surface area contributed by atoms with Gasteiger partial charge in [0.25, 0.3) is 0 Å². The zero-order valence-electron chi connectivity index (χ0n) is 9.67. The van der Waals surface area contributed by atoms with Crippen molar-refractivity contribution in [2.45, 2.75) is 6.42 Å². The van der Waals surface area contributed by atoms with Gasteiger partial charge in [-0.2, -0.15) is 4.98 Å². The molecule has 2 rings (SSSR count). The monoisotopic (exact) mass is 248 g/mol. The van der Waals surface area contributed by atoms with E-state index < -0.39 is 0 Å². The van der Waals surface area contributed by atoms with E-state index in [4.69, 9.17) is 4.74 Å². The number of amides is 1. The number of aromatic hydroxyl groups is 1. The van der Waals surface area contributed by atoms with Crippen LogP contribution in [0, 0.1) is 0 Å². The minimum Gasteiger partial charge on any atom is -0.508 e. The first-order valence-electron chi connectivity index (χ1n) is 5.22. The molecule has 0 aliphatic rings. The minimum absolute atomic E-state index is 0.0513. The zero-order chi connectivity index (χ0) is 13.0. The van der Waals surface area contributed by atoms with Gasteiger partial charge in [0.05, 0.1) is 13.5 Å². The Hall–Kier alpha value is -2.57. The molecule has 7 heteroatoms. The molecule has 1 aromatic heterocycles. The standard InChI is InChI=1S/C11H12N4O3/c1-18-11-13-10(14-15-11)12-9(17)6-7-4-2-3-5-8(7)16/h2-5,16H,6H2,1H3,(H2,12,13,14,15,17). The number of benzene rings is 1. The SMILES string of the molecule is COc1n[nH]c(NC(=O)Cc2ccccc2O)n1. The molecule has 0 unspecified atom stereocenters. The van der Waals surface area contributed by atoms with Crippen molar-refractivity contribution in [2.24, 2.45) is 0 Å². The van der Waals surface area contributed by atoms with E-state index in [-0.39, 0.29) is 30.0 Å². The number of nitrogens with zero attached hydrogens (tertiary/aromatic N) is 2. The number of ether oxygens (including phenoxy) is 1. The van der Waals surface area contributed by atoms with Gasteiger partial charge in [-0.1, -0.05) is 18.2 Å². The maximum Gasteiger partial charge on any atom is 0.336 e. The molecule has 7 nitrogen and oxygen atoms in total. The van der Waals surface area contributed by atoms with Crippen molar-refractivity contribution in [3.8, 4) is 11.8 Å². The van der Waals surface area contributed by atoms with Gasteiger partial charge in [0.1, 0.15) is 5.75 Å². The molecule has 3 N–H and O–H groups in total. The molecule has 0 bridgehead atoms. The molecule has 0 atom stereocenters. The topological polar surface area (TPSA) is 100 Å². The van der Waals surface area contributed by atoms with E-state index in [0.717, 1.165) is 0 Å². The molecule has 1 amide bonds. The third kappa shape index (κ3) is 2.76. The lowest BCUT2D eigenvalue weighted by Gasteiger charge is -2.03. The summed E-state index contributed by atoms with van der Waals surface area (Å²) in [5.74, 6) is -0.0228. The Morgan fingerprint density at radius 2 is 2.28 bits per heavy atom. The van der Waals surface area contributed by atoms with E-state index in [1.807, 2.05) is 0 Å². The fourth-order valence-corrected chi connectivity index (χ4v) is 1.40. The highest BCUT2D eigenvalue weighted by Crippen LogP contribution is 2.16. The average Bonchev–Trinajstić information content (AvgIpc) is 2.80. The quantitative estimate of drug-likeness (QED) is 0.739. The molecule has 0 saturated heterocycles. The van der Waals surface area contributed by atoms with Gasteiger partial charge in [0, 0.05) is 5.56 Å². The maximum atomic E-state index is 11.7. The predicted octanol–water partition coefficient (Wildman–Crippen LogP) is 0.700. The summed E-state index contributed by atoms with van der Waals surface area (Å²) >= 11 is 0. The summed E-state index contributed by atoms with van der Waals surface area (Å²) in [7, 11) is 1.43. The first kappa shape index (κ1) is 11.9. The van der Waals surface area contributed by atoms with E-state index in [1.54, 1.807) is 18.2 Å². The zero-order valence-corrected chi connectivity index (χ0v) is 9.67. The summed E-state index contributed by atoms with van der Waals surface area (Å²) in [6.45, 7) is 0. The van der Waals surface area contributed by atoms with Crippen molar-refractivity contribution >= 4 is 11.9 Å². The van der Waals surface area contributed by atoms with Crippen LogP contribution < -0.4 is 10.1 Å². The molecule has 1 heterocycles. The van der Waals surface area contributed by atoms with Crippen LogP contribution >= 0.6 is 0 Å². The Morgan fingerprint density at radius 1 is 1.50 bits per heavy atom. The first-order valence-corrected chi connectivity index (χ1v) is 5.22. The van der Waals surface area contributed by atoms with Gasteiger partial charge in [-0.05, 0) is 6.07 Å². The summed E-state index contributed by atoms with van der Waals surface area (Å²) in [6.07, 6.45) is 0.0513. The lowest BCUT2D eigenvalue weighted by Crippen LogP contribution is -2.15. The molecule has 2 aromatic rings. The van der Waals surface area contributed by atoms with Crippen LogP contribution in [0.3, 0.4) is 0 Å². The normalized spacial score (nSPS) is 10.1. The molecule has 0 spiro atoms. The Bertz CT molecular complexity index is 553. The number of para-hydroxylation sites is 1. The third-order valence-electron chi connectivity index (χ3n) is 2.25. The Labute approximate surface area is 103 Å². The second-order valence-corrected chi connectivity index (χ2v) is 3.52. The Balaban J connectivity index is 1.99. The van der Waals surface area contributed by atoms with Crippen molar-refractivity contribution in [2.75, 3.05) is 12.4 Å². The molecule has 0 aliphatic carbocycles. The number of hydrogen-bond donors (Lipinski definition) is 3. The number of hydrogen-bond acceptors (Lipinski definition) is 5. The largest absolute Gasteiger partial charge is 0.508 e. The van der Waals surface area contributed by atoms with Crippen LogP contribution in [-0.2, 0) is 11.2 Å². The molecular formula is C11H12N4O3. The number of aromatic amines is 1. The molecule has 94 valence electrons. The number of nitrogens with one attached hydrogen (secondary N) is 2. The van der Waals surface area contributed by atoms with Crippen LogP contribution in [0.4, 0.5) is 5.95 Å². The summed E-state index contributed by atoms with van der Waals surface area (Å²) < 4.78 is 4.77. The number of phenols is 1. The van der Waals surface area contributed by atoms with E-state index in [0.29, 0.717) is 5.56 Å². The lowest BCUT2D eigenvalue weighted by molar-refractivity contribution is -0.115. The fourth-order valence-electron chi connectivity index (χ4n) is 1.40. The number of carbonyl (C=O) groups excluding carboxylic acids is 1. The van der Waals surface area contributed by atoms with Crippen molar-refractivity contribution in [1.82, 2.24) is 15.2 Å². The molecule has 0 aliphatic heterocycles. The van der Waals surface area contributed by atoms with E-state index in [1.165, 1.54) is 13.2 Å². The van der Waals surface area contributed by atoms with Gasteiger partial charge >= 0.3 is 6.01 Å². The molecular weight excluding hydrogens is 236 g/mol. The minimum atomic E-state index is -0.310. The second kappa shape index (κ2) is 5.17. The van der Waals surface area contributed by atoms with Gasteiger partial charge in [-0.15, -0.1) is 5.10 Å². The van der Waals surface area contributed by atoms with Crippen molar-refractivity contribution in [3.63, 3.8) is 0 Å². The molecule has 0 fully saturated rings. The van der Waals surface area contributed by atoms with Crippen LogP contribution in [0.1, 0.15) is 5.56 Å². The van der Waals surface area contributed by atoms with E-state index in [2.05, 4.69) is 20.5 Å². The first-order chi connectivity index (χ1) is 8.69. The fraction of sp³-hybridized carbons (Fsp3) is 0.182. The van der Waals surface area contributed by atoms with E-state index >= 15 is 0 Å². The smallest absolute Gasteiger partial charge is 0.336 e. The highest BCUT2D eigenvalue weighted by Gasteiger charge is 2.10. The average molecular weight is 248 g/mol. The Morgan fingerprint density at radius 3 is 2.94 bits per heavy atom. The summed E-state index contributed by atoms with van der Waals surface area (Å²) in [5.41, 5.74) is 0.543. The van der Waals surface area contributed by atoms with Crippen LogP contribution in [0.15, 0.2) is 24.3 Å². The number of methoxy groups -OCH3 is 1. The van der Waals surface area contributed by atoms with Gasteiger partial charge in [-0.25, -0.2) is 5.10 Å². The summed E-state index contributed by atoms with van der Waals surface area (Å²) in [6, 6.07) is 6.79. The third-order valence-corrected chi connectivity index (χ3v) is 2.25. The molecule has 0 radical (unpaired) electrons. The number of aromatic nitrogens is 3. The van der Waals surface area contributed by atoms with Crippen molar-refractivity contribution in [1.29, 1.82) is 0 Å². The van der Waals surface area contributed by atoms with Gasteiger partial charge in [0.15, 0.2) is 0 Å². The van der Waals surface area contributed by atoms with Gasteiger partial charge < -0.3 is 9.84 Å². The van der Waals surface area contributed by atoms with Crippen LogP contribution in [-0.4, -0.2) is 33.3 Å². The number of rotatable bonds is 4. The van der Waals surface area contributed by atoms with Crippen LogP contribution in [0.25, 0.3) is 0 Å². The maximum absolute atomic E-state index is 11.7. The molecule has 18 heavy (non-hydrogen) atoms.